The maximum atomic E-state index is 13.3. The summed E-state index contributed by atoms with van der Waals surface area (Å²) in [7, 11) is -3.83. The third kappa shape index (κ3) is 5.73. The van der Waals surface area contributed by atoms with E-state index in [-0.39, 0.29) is 24.5 Å². The number of nitrogens with one attached hydrogen (secondary N) is 2. The van der Waals surface area contributed by atoms with Gasteiger partial charge in [-0.2, -0.15) is 4.31 Å². The number of carbonyl (C=O) groups is 2. The van der Waals surface area contributed by atoms with Gasteiger partial charge >= 0.3 is 11.8 Å². The zero-order valence-corrected chi connectivity index (χ0v) is 19.4. The van der Waals surface area contributed by atoms with E-state index >= 15 is 0 Å². The van der Waals surface area contributed by atoms with E-state index in [1.807, 2.05) is 44.2 Å². The van der Waals surface area contributed by atoms with Crippen LogP contribution in [-0.2, 0) is 30.9 Å². The van der Waals surface area contributed by atoms with E-state index in [0.717, 1.165) is 16.7 Å². The van der Waals surface area contributed by atoms with Crippen LogP contribution in [0.5, 0.6) is 0 Å². The minimum Gasteiger partial charge on any atom is -0.360 e. The average Bonchev–Trinajstić information content (AvgIpc) is 2.78. The Kier molecular flexibility index (Phi) is 7.65. The first-order valence-electron chi connectivity index (χ1n) is 10.5. The predicted octanol–water partition coefficient (Wildman–Crippen LogP) is 1.78. The van der Waals surface area contributed by atoms with Gasteiger partial charge in [0.05, 0.1) is 18.0 Å². The molecule has 1 fully saturated rings. The highest BCUT2D eigenvalue weighted by molar-refractivity contribution is 7.89. The fraction of sp³-hybridized carbons (Fsp3) is 0.391. The van der Waals surface area contributed by atoms with E-state index in [9.17, 15) is 18.0 Å². The van der Waals surface area contributed by atoms with Crippen LogP contribution in [0, 0.1) is 20.8 Å². The highest BCUT2D eigenvalue weighted by Gasteiger charge is 2.35. The number of sulfonamides is 1. The minimum absolute atomic E-state index is 0.124. The van der Waals surface area contributed by atoms with Crippen molar-refractivity contribution in [2.45, 2.75) is 44.9 Å². The predicted molar refractivity (Wildman–Crippen MR) is 120 cm³/mol. The van der Waals surface area contributed by atoms with Crippen molar-refractivity contribution in [2.75, 3.05) is 19.7 Å². The summed E-state index contributed by atoms with van der Waals surface area (Å²) >= 11 is 0. The van der Waals surface area contributed by atoms with Crippen LogP contribution in [0.1, 0.15) is 28.7 Å². The summed E-state index contributed by atoms with van der Waals surface area (Å²) < 4.78 is 33.5. The number of rotatable bonds is 6. The van der Waals surface area contributed by atoms with Crippen LogP contribution in [0.3, 0.4) is 0 Å². The van der Waals surface area contributed by atoms with Gasteiger partial charge in [-0.3, -0.25) is 9.59 Å². The van der Waals surface area contributed by atoms with E-state index in [2.05, 4.69) is 10.6 Å². The fourth-order valence-corrected chi connectivity index (χ4v) is 5.32. The van der Waals surface area contributed by atoms with Crippen molar-refractivity contribution in [3.63, 3.8) is 0 Å². The third-order valence-corrected chi connectivity index (χ3v) is 7.33. The minimum atomic E-state index is -3.83. The van der Waals surface area contributed by atoms with Crippen LogP contribution in [-0.4, -0.2) is 50.5 Å². The Morgan fingerprint density at radius 2 is 1.66 bits per heavy atom. The van der Waals surface area contributed by atoms with Gasteiger partial charge in [0.2, 0.25) is 10.0 Å². The molecule has 1 aliphatic rings. The molecule has 0 saturated carbocycles. The molecule has 2 N–H and O–H groups in total. The molecule has 1 atom stereocenters. The Balaban J connectivity index is 1.62. The second-order valence-corrected chi connectivity index (χ2v) is 9.80. The van der Waals surface area contributed by atoms with Crippen molar-refractivity contribution in [1.82, 2.24) is 14.9 Å². The van der Waals surface area contributed by atoms with Crippen LogP contribution in [0.15, 0.2) is 47.4 Å². The lowest BCUT2D eigenvalue weighted by atomic mass is 10.1. The van der Waals surface area contributed by atoms with Gasteiger partial charge < -0.3 is 15.4 Å². The molecule has 1 aliphatic heterocycles. The molecular formula is C23H29N3O5S. The van der Waals surface area contributed by atoms with Gasteiger partial charge in [-0.25, -0.2) is 8.42 Å². The lowest BCUT2D eigenvalue weighted by molar-refractivity contribution is -0.140. The summed E-state index contributed by atoms with van der Waals surface area (Å²) in [6.45, 7) is 6.28. The highest BCUT2D eigenvalue weighted by atomic mass is 32.2. The maximum Gasteiger partial charge on any atom is 0.309 e. The Morgan fingerprint density at radius 1 is 1.00 bits per heavy atom. The molecule has 0 aromatic heterocycles. The molecule has 8 nitrogen and oxygen atoms in total. The van der Waals surface area contributed by atoms with Gasteiger partial charge in [0.1, 0.15) is 6.23 Å². The number of amides is 2. The smallest absolute Gasteiger partial charge is 0.309 e. The maximum absolute atomic E-state index is 13.3. The topological polar surface area (TPSA) is 105 Å². The normalized spacial score (nSPS) is 17.0. The number of ether oxygens (including phenoxy) is 1. The van der Waals surface area contributed by atoms with Gasteiger partial charge in [-0.05, 0) is 49.9 Å². The molecule has 0 radical (unpaired) electrons. The first kappa shape index (κ1) is 23.9. The fourth-order valence-electron chi connectivity index (χ4n) is 3.44. The summed E-state index contributed by atoms with van der Waals surface area (Å²) in [5.41, 5.74) is 3.45. The van der Waals surface area contributed by atoms with E-state index in [1.54, 1.807) is 19.1 Å². The largest absolute Gasteiger partial charge is 0.360 e. The molecule has 9 heteroatoms. The molecule has 1 saturated heterocycles. The van der Waals surface area contributed by atoms with E-state index in [1.165, 1.54) is 4.31 Å². The van der Waals surface area contributed by atoms with Crippen molar-refractivity contribution in [1.29, 1.82) is 0 Å². The average molecular weight is 460 g/mol. The summed E-state index contributed by atoms with van der Waals surface area (Å²) in [5.74, 6) is -1.62. The van der Waals surface area contributed by atoms with Crippen molar-refractivity contribution >= 4 is 21.8 Å². The van der Waals surface area contributed by atoms with E-state index in [4.69, 9.17) is 4.74 Å². The molecule has 0 spiro atoms. The van der Waals surface area contributed by atoms with Crippen molar-refractivity contribution in [3.8, 4) is 0 Å². The number of nitrogens with zero attached hydrogens (tertiary/aromatic N) is 1. The molecule has 32 heavy (non-hydrogen) atoms. The SMILES string of the molecule is Cc1ccc(CNC(=O)C(=O)NC[C@H]2OCCCN2S(=O)(=O)c2cc(C)ccc2C)cc1. The molecule has 0 bridgehead atoms. The molecule has 0 unspecified atom stereocenters. The molecular weight excluding hydrogens is 430 g/mol. The number of aryl methyl sites for hydroxylation is 3. The van der Waals surface area contributed by atoms with Crippen molar-refractivity contribution < 1.29 is 22.7 Å². The number of hydrogen-bond donors (Lipinski definition) is 2. The van der Waals surface area contributed by atoms with Crippen LogP contribution in [0.25, 0.3) is 0 Å². The van der Waals surface area contributed by atoms with Gasteiger partial charge in [0.25, 0.3) is 0 Å². The van der Waals surface area contributed by atoms with Crippen LogP contribution >= 0.6 is 0 Å². The summed E-state index contributed by atoms with van der Waals surface area (Å²) in [4.78, 5) is 24.6. The molecule has 2 aromatic rings. The van der Waals surface area contributed by atoms with Gasteiger partial charge in [0, 0.05) is 13.1 Å². The van der Waals surface area contributed by atoms with Crippen molar-refractivity contribution in [2.24, 2.45) is 0 Å². The molecule has 3 rings (SSSR count). The van der Waals surface area contributed by atoms with Crippen molar-refractivity contribution in [3.05, 3.63) is 64.7 Å². The molecule has 1 heterocycles. The molecule has 2 aromatic carbocycles. The van der Waals surface area contributed by atoms with Crippen LogP contribution < -0.4 is 10.6 Å². The van der Waals surface area contributed by atoms with Gasteiger partial charge in [-0.15, -0.1) is 0 Å². The molecule has 2 amide bonds. The van der Waals surface area contributed by atoms with Crippen LogP contribution in [0.2, 0.25) is 0 Å². The Bertz CT molecular complexity index is 1080. The first-order valence-corrected chi connectivity index (χ1v) is 11.9. The first-order chi connectivity index (χ1) is 15.2. The number of hydrogen-bond acceptors (Lipinski definition) is 5. The standard InChI is InChI=1S/C23H29N3O5S/c1-16-6-9-19(10-7-16)14-24-22(27)23(28)25-15-21-26(11-4-12-31-21)32(29,30)20-13-17(2)5-8-18(20)3/h5-10,13,21H,4,11-12,14-15H2,1-3H3,(H,24,27)(H,25,28)/t21-/m1/s1. The molecule has 172 valence electrons. The second-order valence-electron chi connectivity index (χ2n) is 7.94. The monoisotopic (exact) mass is 459 g/mol. The quantitative estimate of drug-likeness (QED) is 0.641. The second kappa shape index (κ2) is 10.2. The zero-order valence-electron chi connectivity index (χ0n) is 18.6. The van der Waals surface area contributed by atoms with E-state index < -0.39 is 28.1 Å². The lowest BCUT2D eigenvalue weighted by Crippen LogP contribution is -2.53. The van der Waals surface area contributed by atoms with Gasteiger partial charge in [-0.1, -0.05) is 42.0 Å². The number of carbonyl (C=O) groups excluding carboxylic acids is 2. The Morgan fingerprint density at radius 3 is 2.38 bits per heavy atom. The highest BCUT2D eigenvalue weighted by Crippen LogP contribution is 2.25. The summed E-state index contributed by atoms with van der Waals surface area (Å²) in [6.07, 6.45) is -0.339. The Hall–Kier alpha value is -2.75. The third-order valence-electron chi connectivity index (χ3n) is 5.30. The van der Waals surface area contributed by atoms with Crippen LogP contribution in [0.4, 0.5) is 0 Å². The summed E-state index contributed by atoms with van der Waals surface area (Å²) in [6, 6.07) is 12.8. The Labute approximate surface area is 189 Å². The van der Waals surface area contributed by atoms with Gasteiger partial charge in [0.15, 0.2) is 0 Å². The van der Waals surface area contributed by atoms with E-state index in [0.29, 0.717) is 18.6 Å². The summed E-state index contributed by atoms with van der Waals surface area (Å²) in [5, 5.41) is 5.06. The molecule has 0 aliphatic carbocycles. The lowest BCUT2D eigenvalue weighted by Gasteiger charge is -2.35. The zero-order chi connectivity index (χ0) is 23.3. The number of benzene rings is 2.